The average Bonchev–Trinajstić information content (AvgIpc) is 2.78. The van der Waals surface area contributed by atoms with E-state index in [1.165, 1.54) is 22.9 Å². The van der Waals surface area contributed by atoms with Gasteiger partial charge in [-0.25, -0.2) is 4.79 Å². The van der Waals surface area contributed by atoms with Crippen molar-refractivity contribution in [2.75, 3.05) is 0 Å². The van der Waals surface area contributed by atoms with Gasteiger partial charge in [-0.2, -0.15) is 5.26 Å². The van der Waals surface area contributed by atoms with Crippen LogP contribution in [0.4, 0.5) is 5.82 Å². The second-order valence-corrected chi connectivity index (χ2v) is 7.82. The van der Waals surface area contributed by atoms with Gasteiger partial charge in [0.05, 0.1) is 12.6 Å². The maximum atomic E-state index is 13.7. The van der Waals surface area contributed by atoms with Crippen LogP contribution in [0.25, 0.3) is 10.9 Å². The van der Waals surface area contributed by atoms with Crippen LogP contribution in [0.3, 0.4) is 0 Å². The third-order valence-electron chi connectivity index (χ3n) is 5.01. The Morgan fingerprint density at radius 2 is 2.06 bits per heavy atom. The van der Waals surface area contributed by atoms with E-state index in [1.807, 2.05) is 19.1 Å². The fourth-order valence-corrected chi connectivity index (χ4v) is 3.63. The molecule has 2 aromatic heterocycles. The Morgan fingerprint density at radius 1 is 1.30 bits per heavy atom. The minimum absolute atomic E-state index is 0.000683. The first-order valence-corrected chi connectivity index (χ1v) is 10.2. The zero-order chi connectivity index (χ0) is 24.1. The maximum absolute atomic E-state index is 13.7. The molecule has 164 valence electrons. The highest BCUT2D eigenvalue weighted by Gasteiger charge is 2.25. The molecule has 2 heterocycles. The molecule has 0 atom stereocenters. The normalized spacial score (nSPS) is 10.8. The Labute approximate surface area is 190 Å². The van der Waals surface area contributed by atoms with Crippen LogP contribution in [0.1, 0.15) is 58.1 Å². The number of rotatable bonds is 6. The van der Waals surface area contributed by atoms with Gasteiger partial charge in [0.15, 0.2) is 0 Å². The molecule has 0 saturated carbocycles. The fraction of sp³-hybridized carbons (Fsp3) is 0.200. The van der Waals surface area contributed by atoms with Crippen LogP contribution in [-0.2, 0) is 6.54 Å². The number of aromatic nitrogens is 3. The van der Waals surface area contributed by atoms with Gasteiger partial charge in [0, 0.05) is 17.2 Å². The second-order valence-electron chi connectivity index (χ2n) is 7.82. The van der Waals surface area contributed by atoms with Crippen LogP contribution in [0.2, 0.25) is 0 Å². The van der Waals surface area contributed by atoms with Gasteiger partial charge in [-0.05, 0) is 59.9 Å². The smallest absolute Gasteiger partial charge is 0.329 e. The molecule has 1 aromatic carbocycles. The SMILES string of the molecule is [C-]#[N+]c1cc(Cn2c(C(=O)c3cc(C)cc(/C=C/C#N)c3)c(C(C)C)c(=O)[nH]c2=O)ccn1. The number of nitrogens with one attached hydrogen (secondary N) is 1. The number of carbonyl (C=O) groups is 1. The maximum Gasteiger partial charge on any atom is 0.329 e. The van der Waals surface area contributed by atoms with Gasteiger partial charge in [0.1, 0.15) is 11.9 Å². The molecule has 8 heteroatoms. The number of H-pyrrole nitrogens is 1. The number of nitriles is 1. The third kappa shape index (κ3) is 5.03. The molecule has 33 heavy (non-hydrogen) atoms. The molecular formula is C25H21N5O3. The summed E-state index contributed by atoms with van der Waals surface area (Å²) in [6.07, 6.45) is 4.35. The van der Waals surface area contributed by atoms with Gasteiger partial charge in [-0.3, -0.25) is 19.1 Å². The van der Waals surface area contributed by atoms with Crippen molar-refractivity contribution < 1.29 is 4.79 Å². The molecule has 0 amide bonds. The zero-order valence-corrected chi connectivity index (χ0v) is 18.4. The summed E-state index contributed by atoms with van der Waals surface area (Å²) in [5.41, 5.74) is 1.21. The summed E-state index contributed by atoms with van der Waals surface area (Å²) >= 11 is 0. The average molecular weight is 439 g/mol. The second kappa shape index (κ2) is 9.71. The monoisotopic (exact) mass is 439 g/mol. The first kappa shape index (κ1) is 23.1. The number of nitrogens with zero attached hydrogens (tertiary/aromatic N) is 4. The fourth-order valence-electron chi connectivity index (χ4n) is 3.63. The molecule has 1 N–H and O–H groups in total. The lowest BCUT2D eigenvalue weighted by molar-refractivity contribution is 0.102. The number of hydrogen-bond acceptors (Lipinski definition) is 5. The minimum Gasteiger partial charge on any atom is -0.361 e. The molecular weight excluding hydrogens is 418 g/mol. The molecule has 0 unspecified atom stereocenters. The molecule has 0 aliphatic carbocycles. The van der Waals surface area contributed by atoms with E-state index < -0.39 is 17.0 Å². The quantitative estimate of drug-likeness (QED) is 0.357. The number of benzene rings is 1. The first-order chi connectivity index (χ1) is 15.7. The molecule has 0 fully saturated rings. The van der Waals surface area contributed by atoms with E-state index in [2.05, 4.69) is 14.8 Å². The predicted molar refractivity (Wildman–Crippen MR) is 124 cm³/mol. The number of carbonyl (C=O) groups excluding carboxylic acids is 1. The summed E-state index contributed by atoms with van der Waals surface area (Å²) in [6.45, 7) is 12.5. The highest BCUT2D eigenvalue weighted by Crippen LogP contribution is 2.21. The lowest BCUT2D eigenvalue weighted by Gasteiger charge is -2.18. The van der Waals surface area contributed by atoms with E-state index in [4.69, 9.17) is 11.8 Å². The number of pyridine rings is 1. The van der Waals surface area contributed by atoms with Crippen molar-refractivity contribution >= 4 is 17.7 Å². The number of aromatic amines is 1. The van der Waals surface area contributed by atoms with Crippen molar-refractivity contribution in [2.45, 2.75) is 33.2 Å². The van der Waals surface area contributed by atoms with E-state index in [0.717, 1.165) is 5.56 Å². The highest BCUT2D eigenvalue weighted by atomic mass is 16.2. The molecule has 8 nitrogen and oxygen atoms in total. The van der Waals surface area contributed by atoms with Crippen LogP contribution >= 0.6 is 0 Å². The van der Waals surface area contributed by atoms with Gasteiger partial charge in [-0.1, -0.05) is 26.5 Å². The molecule has 0 saturated heterocycles. The van der Waals surface area contributed by atoms with E-state index in [9.17, 15) is 14.4 Å². The van der Waals surface area contributed by atoms with Gasteiger partial charge in [-0.15, -0.1) is 4.98 Å². The Morgan fingerprint density at radius 3 is 2.73 bits per heavy atom. The van der Waals surface area contributed by atoms with E-state index >= 15 is 0 Å². The van der Waals surface area contributed by atoms with Crippen molar-refractivity contribution in [1.82, 2.24) is 14.5 Å². The van der Waals surface area contributed by atoms with Crippen LogP contribution in [0.5, 0.6) is 0 Å². The summed E-state index contributed by atoms with van der Waals surface area (Å²) in [4.78, 5) is 48.8. The molecule has 3 aromatic rings. The van der Waals surface area contributed by atoms with Crippen LogP contribution < -0.4 is 11.2 Å². The van der Waals surface area contributed by atoms with Crippen molar-refractivity contribution in [1.29, 1.82) is 5.26 Å². The first-order valence-electron chi connectivity index (χ1n) is 10.2. The van der Waals surface area contributed by atoms with Crippen molar-refractivity contribution in [2.24, 2.45) is 0 Å². The molecule has 0 aliphatic rings. The zero-order valence-electron chi connectivity index (χ0n) is 18.4. The summed E-state index contributed by atoms with van der Waals surface area (Å²) in [7, 11) is 0. The largest absolute Gasteiger partial charge is 0.361 e. The third-order valence-corrected chi connectivity index (χ3v) is 5.01. The number of aryl methyl sites for hydroxylation is 1. The van der Waals surface area contributed by atoms with Gasteiger partial charge in [0.25, 0.3) is 11.4 Å². The minimum atomic E-state index is -0.717. The lowest BCUT2D eigenvalue weighted by Crippen LogP contribution is -2.38. The summed E-state index contributed by atoms with van der Waals surface area (Å²) < 4.78 is 1.23. The molecule has 3 rings (SSSR count). The highest BCUT2D eigenvalue weighted by molar-refractivity contribution is 6.09. The van der Waals surface area contributed by atoms with Crippen molar-refractivity contribution in [3.05, 3.63) is 108 Å². The number of ketones is 1. The van der Waals surface area contributed by atoms with Crippen LogP contribution in [-0.4, -0.2) is 20.3 Å². The van der Waals surface area contributed by atoms with Crippen LogP contribution in [0, 0.1) is 24.8 Å². The lowest BCUT2D eigenvalue weighted by atomic mass is 9.95. The molecule has 0 spiro atoms. The van der Waals surface area contributed by atoms with Gasteiger partial charge >= 0.3 is 5.69 Å². The standard InChI is InChI=1S/C25H21N5O3/c1-15(2)21-22(23(31)19-11-16(3)10-17(12-19)6-5-8-26)30(25(33)29-24(21)32)14-18-7-9-28-20(13-18)27-4/h5-7,9-13,15H,14H2,1-3H3,(H,29,32,33)/b6-5+. The summed E-state index contributed by atoms with van der Waals surface area (Å²) in [5.74, 6) is -0.648. The number of hydrogen-bond donors (Lipinski definition) is 1. The predicted octanol–water partition coefficient (Wildman–Crippen LogP) is 3.73. The topological polar surface area (TPSA) is 113 Å². The van der Waals surface area contributed by atoms with Crippen molar-refractivity contribution in [3.8, 4) is 6.07 Å². The van der Waals surface area contributed by atoms with E-state index in [1.54, 1.807) is 38.1 Å². The summed E-state index contributed by atoms with van der Waals surface area (Å²) in [6, 6.07) is 10.2. The Balaban J connectivity index is 2.26. The Hall–Kier alpha value is -4.56. The Kier molecular flexibility index (Phi) is 6.80. The van der Waals surface area contributed by atoms with Gasteiger partial charge in [0.2, 0.25) is 5.78 Å². The molecule has 0 aliphatic heterocycles. The Bertz CT molecular complexity index is 1460. The van der Waals surface area contributed by atoms with Gasteiger partial charge < -0.3 is 4.85 Å². The molecule has 0 bridgehead atoms. The van der Waals surface area contributed by atoms with Crippen molar-refractivity contribution in [3.63, 3.8) is 0 Å². The summed E-state index contributed by atoms with van der Waals surface area (Å²) in [5, 5.41) is 8.82. The molecule has 0 radical (unpaired) electrons. The number of allylic oxidation sites excluding steroid dienone is 1. The van der Waals surface area contributed by atoms with E-state index in [-0.39, 0.29) is 29.5 Å². The van der Waals surface area contributed by atoms with E-state index in [0.29, 0.717) is 16.7 Å². The van der Waals surface area contributed by atoms with Crippen LogP contribution in [0.15, 0.2) is 52.2 Å².